The quantitative estimate of drug-likeness (QED) is 0.394. The highest BCUT2D eigenvalue weighted by Crippen LogP contribution is 1.68. The minimum absolute atomic E-state index is 1.08. The van der Waals surface area contributed by atoms with Crippen molar-refractivity contribution in [3.8, 4) is 0 Å². The minimum Gasteiger partial charge on any atom is -0.298 e. The number of rotatable bonds is 0. The molecule has 0 saturated carbocycles. The topological polar surface area (TPSA) is 24.1 Å². The SMILES string of the molecule is [CH]1NCCN1. The van der Waals surface area contributed by atoms with Crippen LogP contribution in [0, 0.1) is 6.67 Å². The van der Waals surface area contributed by atoms with Gasteiger partial charge in [-0.25, -0.2) is 0 Å². The van der Waals surface area contributed by atoms with Gasteiger partial charge in [-0.3, -0.25) is 10.6 Å². The molecule has 0 atom stereocenters. The van der Waals surface area contributed by atoms with Gasteiger partial charge in [-0.1, -0.05) is 0 Å². The third-order valence-corrected chi connectivity index (χ3v) is 0.618. The summed E-state index contributed by atoms with van der Waals surface area (Å²) in [5.74, 6) is 0. The van der Waals surface area contributed by atoms with Gasteiger partial charge < -0.3 is 0 Å². The summed E-state index contributed by atoms with van der Waals surface area (Å²) in [6.07, 6.45) is 0. The van der Waals surface area contributed by atoms with Crippen LogP contribution < -0.4 is 10.6 Å². The highest BCUT2D eigenvalue weighted by molar-refractivity contribution is 4.67. The first kappa shape index (κ1) is 3.12. The first-order valence-electron chi connectivity index (χ1n) is 1.78. The third kappa shape index (κ3) is 0.597. The summed E-state index contributed by atoms with van der Waals surface area (Å²) < 4.78 is 0. The third-order valence-electron chi connectivity index (χ3n) is 0.618. The zero-order valence-corrected chi connectivity index (χ0v) is 2.99. The number of hydrogen-bond acceptors (Lipinski definition) is 2. The van der Waals surface area contributed by atoms with E-state index in [4.69, 9.17) is 0 Å². The van der Waals surface area contributed by atoms with Crippen LogP contribution in [-0.2, 0) is 0 Å². The molecule has 1 saturated heterocycles. The van der Waals surface area contributed by atoms with Crippen molar-refractivity contribution in [2.75, 3.05) is 13.1 Å². The van der Waals surface area contributed by atoms with E-state index in [1.54, 1.807) is 0 Å². The van der Waals surface area contributed by atoms with Gasteiger partial charge in [-0.05, 0) is 0 Å². The summed E-state index contributed by atoms with van der Waals surface area (Å²) in [5, 5.41) is 5.97. The van der Waals surface area contributed by atoms with Crippen molar-refractivity contribution in [1.82, 2.24) is 10.6 Å². The molecule has 2 nitrogen and oxygen atoms in total. The lowest BCUT2D eigenvalue weighted by Gasteiger charge is -1.75. The summed E-state index contributed by atoms with van der Waals surface area (Å²) in [6, 6.07) is 0. The normalized spacial score (nSPS) is 24.0. The Morgan fingerprint density at radius 2 is 1.80 bits per heavy atom. The van der Waals surface area contributed by atoms with E-state index < -0.39 is 0 Å². The second kappa shape index (κ2) is 1.38. The molecule has 2 N–H and O–H groups in total. The number of hydrogen-bond donors (Lipinski definition) is 2. The predicted octanol–water partition coefficient (Wildman–Crippen LogP) is -0.702. The lowest BCUT2D eigenvalue weighted by atomic mass is 10.7. The zero-order valence-electron chi connectivity index (χ0n) is 2.99. The molecule has 0 aromatic heterocycles. The predicted molar refractivity (Wildman–Crippen MR) is 20.3 cm³/mol. The van der Waals surface area contributed by atoms with E-state index in [-0.39, 0.29) is 0 Å². The fourth-order valence-electron chi connectivity index (χ4n) is 0.361. The van der Waals surface area contributed by atoms with Gasteiger partial charge >= 0.3 is 0 Å². The molecular weight excluding hydrogens is 64.0 g/mol. The molecule has 0 aromatic carbocycles. The Kier molecular flexibility index (Phi) is 0.862. The average Bonchev–Trinajstić information content (AvgIpc) is 1.76. The van der Waals surface area contributed by atoms with Crippen LogP contribution in [0.4, 0.5) is 0 Å². The monoisotopic (exact) mass is 71.1 g/mol. The molecule has 0 spiro atoms. The van der Waals surface area contributed by atoms with E-state index in [2.05, 4.69) is 10.6 Å². The summed E-state index contributed by atoms with van der Waals surface area (Å²) in [6.45, 7) is 4.03. The fraction of sp³-hybridized carbons (Fsp3) is 0.667. The molecule has 1 heterocycles. The van der Waals surface area contributed by atoms with Crippen molar-refractivity contribution in [3.05, 3.63) is 6.67 Å². The lowest BCUT2D eigenvalue weighted by Crippen LogP contribution is -2.02. The molecule has 1 aliphatic heterocycles. The molecule has 0 aliphatic carbocycles. The molecule has 0 amide bonds. The van der Waals surface area contributed by atoms with Gasteiger partial charge in [0.2, 0.25) is 0 Å². The smallest absolute Gasteiger partial charge is 0.0867 e. The maximum absolute atomic E-state index is 2.99. The molecule has 29 valence electrons. The van der Waals surface area contributed by atoms with E-state index >= 15 is 0 Å². The van der Waals surface area contributed by atoms with E-state index in [1.165, 1.54) is 0 Å². The summed E-state index contributed by atoms with van der Waals surface area (Å²) >= 11 is 0. The van der Waals surface area contributed by atoms with Crippen LogP contribution in [0.3, 0.4) is 0 Å². The van der Waals surface area contributed by atoms with Gasteiger partial charge in [0.1, 0.15) is 0 Å². The van der Waals surface area contributed by atoms with Crippen LogP contribution in [0.5, 0.6) is 0 Å². The minimum atomic E-state index is 1.08. The van der Waals surface area contributed by atoms with Gasteiger partial charge in [-0.2, -0.15) is 0 Å². The van der Waals surface area contributed by atoms with E-state index in [0.717, 1.165) is 13.1 Å². The van der Waals surface area contributed by atoms with Gasteiger partial charge in [0.05, 0.1) is 6.67 Å². The Labute approximate surface area is 31.6 Å². The molecule has 0 unspecified atom stereocenters. The van der Waals surface area contributed by atoms with Gasteiger partial charge in [0, 0.05) is 13.1 Å². The molecule has 0 bridgehead atoms. The van der Waals surface area contributed by atoms with E-state index in [1.807, 2.05) is 6.67 Å². The molecule has 0 aromatic rings. The zero-order chi connectivity index (χ0) is 3.54. The summed E-state index contributed by atoms with van der Waals surface area (Å²) in [5.41, 5.74) is 0. The standard InChI is InChI=1S/C3H7N2/c1-2-5-3-4-1/h3-5H,1-2H2. The van der Waals surface area contributed by atoms with Crippen LogP contribution in [-0.4, -0.2) is 13.1 Å². The first-order valence-corrected chi connectivity index (χ1v) is 1.78. The summed E-state index contributed by atoms with van der Waals surface area (Å²) in [4.78, 5) is 0. The Balaban J connectivity index is 2.08. The van der Waals surface area contributed by atoms with Crippen LogP contribution in [0.25, 0.3) is 0 Å². The van der Waals surface area contributed by atoms with Crippen molar-refractivity contribution in [2.45, 2.75) is 0 Å². The highest BCUT2D eigenvalue weighted by atomic mass is 15.1. The van der Waals surface area contributed by atoms with Gasteiger partial charge in [-0.15, -0.1) is 0 Å². The molecule has 1 radical (unpaired) electrons. The second-order valence-corrected chi connectivity index (χ2v) is 1.05. The van der Waals surface area contributed by atoms with Crippen LogP contribution >= 0.6 is 0 Å². The Hall–Kier alpha value is -0.0800. The largest absolute Gasteiger partial charge is 0.298 e. The molecule has 5 heavy (non-hydrogen) atoms. The Morgan fingerprint density at radius 1 is 1.20 bits per heavy atom. The van der Waals surface area contributed by atoms with E-state index in [9.17, 15) is 0 Å². The lowest BCUT2D eigenvalue weighted by molar-refractivity contribution is 0.942. The number of nitrogens with one attached hydrogen (secondary N) is 2. The second-order valence-electron chi connectivity index (χ2n) is 1.05. The summed E-state index contributed by atoms with van der Waals surface area (Å²) in [7, 11) is 0. The van der Waals surface area contributed by atoms with Crippen LogP contribution in [0.2, 0.25) is 0 Å². The Bertz CT molecular complexity index is 16.5. The Morgan fingerprint density at radius 3 is 2.00 bits per heavy atom. The van der Waals surface area contributed by atoms with Crippen molar-refractivity contribution in [2.24, 2.45) is 0 Å². The van der Waals surface area contributed by atoms with Gasteiger partial charge in [0.25, 0.3) is 0 Å². The van der Waals surface area contributed by atoms with Crippen molar-refractivity contribution < 1.29 is 0 Å². The molecule has 1 aliphatic rings. The maximum atomic E-state index is 2.99. The van der Waals surface area contributed by atoms with Gasteiger partial charge in [0.15, 0.2) is 0 Å². The van der Waals surface area contributed by atoms with Crippen LogP contribution in [0.15, 0.2) is 0 Å². The average molecular weight is 71.1 g/mol. The molecule has 2 heteroatoms. The molecular formula is C3H7N2. The molecule has 1 fully saturated rings. The first-order chi connectivity index (χ1) is 2.50. The van der Waals surface area contributed by atoms with E-state index in [0.29, 0.717) is 0 Å². The van der Waals surface area contributed by atoms with Crippen molar-refractivity contribution in [1.29, 1.82) is 0 Å². The van der Waals surface area contributed by atoms with Crippen LogP contribution in [0.1, 0.15) is 0 Å². The maximum Gasteiger partial charge on any atom is 0.0867 e. The highest BCUT2D eigenvalue weighted by Gasteiger charge is 1.91. The van der Waals surface area contributed by atoms with Crippen molar-refractivity contribution >= 4 is 0 Å². The van der Waals surface area contributed by atoms with Crippen molar-refractivity contribution in [3.63, 3.8) is 0 Å². The fourth-order valence-corrected chi connectivity index (χ4v) is 0.361. The molecule has 1 rings (SSSR count).